The average Bonchev–Trinajstić information content (AvgIpc) is 3.32. The quantitative estimate of drug-likeness (QED) is 0.538. The van der Waals surface area contributed by atoms with E-state index in [-0.39, 0.29) is 18.6 Å². The number of aliphatic hydroxyl groups is 1. The summed E-state index contributed by atoms with van der Waals surface area (Å²) < 4.78 is 31.1. The van der Waals surface area contributed by atoms with Gasteiger partial charge >= 0.3 is 0 Å². The van der Waals surface area contributed by atoms with Crippen LogP contribution in [0.25, 0.3) is 11.0 Å². The predicted octanol–water partition coefficient (Wildman–Crippen LogP) is 2.86. The van der Waals surface area contributed by atoms with Crippen molar-refractivity contribution in [3.8, 4) is 11.6 Å². The number of halogens is 1. The van der Waals surface area contributed by atoms with Gasteiger partial charge in [-0.15, -0.1) is 0 Å². The van der Waals surface area contributed by atoms with Crippen molar-refractivity contribution < 1.29 is 23.7 Å². The molecule has 1 unspecified atom stereocenters. The van der Waals surface area contributed by atoms with E-state index in [1.165, 1.54) is 7.11 Å². The molecule has 0 aliphatic carbocycles. The molecule has 3 aromatic heterocycles. The minimum atomic E-state index is -0.852. The van der Waals surface area contributed by atoms with E-state index in [2.05, 4.69) is 20.3 Å². The first kappa shape index (κ1) is 22.3. The SMILES string of the molecule is COc1ccc2ncc(F)c(CC(O)[C@@H]3CC[C@@H](NCc4cc5c(cn4)OCS5)CO3)c2n1. The number of thioether (sulfide) groups is 1. The van der Waals surface area contributed by atoms with Crippen molar-refractivity contribution in [2.75, 3.05) is 19.7 Å². The molecule has 2 aliphatic heterocycles. The molecule has 5 rings (SSSR count). The molecule has 0 bridgehead atoms. The summed E-state index contributed by atoms with van der Waals surface area (Å²) in [5, 5.41) is 14.3. The van der Waals surface area contributed by atoms with Gasteiger partial charge in [0.05, 0.1) is 59.9 Å². The highest BCUT2D eigenvalue weighted by atomic mass is 32.2. The van der Waals surface area contributed by atoms with E-state index in [0.29, 0.717) is 48.0 Å². The van der Waals surface area contributed by atoms with Crippen LogP contribution >= 0.6 is 11.8 Å². The molecule has 3 atom stereocenters. The van der Waals surface area contributed by atoms with Crippen LogP contribution in [0.2, 0.25) is 0 Å². The van der Waals surface area contributed by atoms with E-state index in [4.69, 9.17) is 14.2 Å². The van der Waals surface area contributed by atoms with Gasteiger partial charge in [-0.2, -0.15) is 0 Å². The van der Waals surface area contributed by atoms with Gasteiger partial charge in [0.25, 0.3) is 0 Å². The first-order valence-corrected chi connectivity index (χ1v) is 11.8. The molecule has 2 N–H and O–H groups in total. The van der Waals surface area contributed by atoms with Gasteiger partial charge in [0.15, 0.2) is 5.75 Å². The summed E-state index contributed by atoms with van der Waals surface area (Å²) >= 11 is 1.67. The molecule has 3 aromatic rings. The molecule has 0 saturated carbocycles. The third-order valence-corrected chi connectivity index (χ3v) is 6.86. The van der Waals surface area contributed by atoms with Crippen LogP contribution in [0.15, 0.2) is 35.5 Å². The third kappa shape index (κ3) is 4.89. The Hall–Kier alpha value is -2.53. The predicted molar refractivity (Wildman–Crippen MR) is 121 cm³/mol. The van der Waals surface area contributed by atoms with Crippen LogP contribution in [0.4, 0.5) is 4.39 Å². The van der Waals surface area contributed by atoms with Gasteiger partial charge in [0.2, 0.25) is 5.88 Å². The number of fused-ring (bicyclic) bond motifs is 2. The molecule has 8 nitrogen and oxygen atoms in total. The van der Waals surface area contributed by atoms with E-state index < -0.39 is 11.9 Å². The first-order valence-electron chi connectivity index (χ1n) is 10.9. The molecule has 2 aliphatic rings. The van der Waals surface area contributed by atoms with Gasteiger partial charge in [0, 0.05) is 30.6 Å². The Morgan fingerprint density at radius 3 is 3.03 bits per heavy atom. The van der Waals surface area contributed by atoms with Crippen molar-refractivity contribution in [3.05, 3.63) is 47.7 Å². The minimum absolute atomic E-state index is 0.0898. The summed E-state index contributed by atoms with van der Waals surface area (Å²) in [7, 11) is 1.50. The summed E-state index contributed by atoms with van der Waals surface area (Å²) in [6.45, 7) is 1.10. The Morgan fingerprint density at radius 2 is 2.21 bits per heavy atom. The number of pyridine rings is 3. The van der Waals surface area contributed by atoms with Gasteiger partial charge < -0.3 is 24.6 Å². The fourth-order valence-corrected chi connectivity index (χ4v) is 4.94. The van der Waals surface area contributed by atoms with E-state index in [9.17, 15) is 9.50 Å². The molecule has 5 heterocycles. The first-order chi connectivity index (χ1) is 16.1. The molecular weight excluding hydrogens is 447 g/mol. The second-order valence-corrected chi connectivity index (χ2v) is 9.10. The Balaban J connectivity index is 1.17. The van der Waals surface area contributed by atoms with Crippen LogP contribution < -0.4 is 14.8 Å². The molecule has 1 saturated heterocycles. The number of hydrogen-bond acceptors (Lipinski definition) is 9. The van der Waals surface area contributed by atoms with Crippen molar-refractivity contribution in [2.45, 2.75) is 49.0 Å². The van der Waals surface area contributed by atoms with Crippen LogP contribution in [0.5, 0.6) is 11.6 Å². The molecule has 10 heteroatoms. The molecule has 174 valence electrons. The van der Waals surface area contributed by atoms with E-state index in [1.807, 2.05) is 6.07 Å². The highest BCUT2D eigenvalue weighted by Crippen LogP contribution is 2.35. The Morgan fingerprint density at radius 1 is 1.30 bits per heavy atom. The Labute approximate surface area is 194 Å². The van der Waals surface area contributed by atoms with Gasteiger partial charge in [-0.3, -0.25) is 9.97 Å². The molecule has 0 aromatic carbocycles. The fourth-order valence-electron chi connectivity index (χ4n) is 4.15. The van der Waals surface area contributed by atoms with Gasteiger partial charge in [0.1, 0.15) is 11.8 Å². The van der Waals surface area contributed by atoms with E-state index >= 15 is 0 Å². The third-order valence-electron chi connectivity index (χ3n) is 5.99. The van der Waals surface area contributed by atoms with Crippen LogP contribution in [0.3, 0.4) is 0 Å². The van der Waals surface area contributed by atoms with Crippen LogP contribution in [-0.4, -0.2) is 58.0 Å². The van der Waals surface area contributed by atoms with Crippen LogP contribution in [0.1, 0.15) is 24.1 Å². The van der Waals surface area contributed by atoms with Gasteiger partial charge in [-0.1, -0.05) is 11.8 Å². The number of nitrogens with zero attached hydrogens (tertiary/aromatic N) is 3. The maximum Gasteiger partial charge on any atom is 0.213 e. The number of aliphatic hydroxyl groups excluding tert-OH is 1. The number of rotatable bonds is 7. The standard InChI is InChI=1S/C23H25FN4O4S/c1-30-22-5-3-17-23(28-22)15(16(24)9-27-17)7-18(29)19-4-2-13(11-31-19)25-8-14-6-21-20(10-26-14)32-12-33-21/h3,5-6,9-10,13,18-19,25,29H,2,4,7-8,11-12H2,1H3/t13-,18?,19+/m1/s1. The molecule has 0 spiro atoms. The van der Waals surface area contributed by atoms with Crippen molar-refractivity contribution in [2.24, 2.45) is 0 Å². The largest absolute Gasteiger partial charge is 0.481 e. The monoisotopic (exact) mass is 472 g/mol. The van der Waals surface area contributed by atoms with Crippen molar-refractivity contribution >= 4 is 22.8 Å². The molecule has 1 fully saturated rings. The zero-order valence-electron chi connectivity index (χ0n) is 18.2. The highest BCUT2D eigenvalue weighted by Gasteiger charge is 2.29. The number of hydrogen-bond donors (Lipinski definition) is 2. The molecule has 0 amide bonds. The Bertz CT molecular complexity index is 1140. The number of methoxy groups -OCH3 is 1. The van der Waals surface area contributed by atoms with Crippen molar-refractivity contribution in [3.63, 3.8) is 0 Å². The highest BCUT2D eigenvalue weighted by molar-refractivity contribution is 7.99. The zero-order chi connectivity index (χ0) is 22.8. The number of aromatic nitrogens is 3. The topological polar surface area (TPSA) is 98.6 Å². The lowest BCUT2D eigenvalue weighted by molar-refractivity contribution is -0.0719. The lowest BCUT2D eigenvalue weighted by atomic mass is 9.96. The van der Waals surface area contributed by atoms with Crippen molar-refractivity contribution in [1.82, 2.24) is 20.3 Å². The summed E-state index contributed by atoms with van der Waals surface area (Å²) in [5.74, 6) is 1.35. The maximum absolute atomic E-state index is 14.6. The maximum atomic E-state index is 14.6. The second kappa shape index (κ2) is 9.76. The van der Waals surface area contributed by atoms with Gasteiger partial charge in [-0.05, 0) is 25.0 Å². The second-order valence-electron chi connectivity index (χ2n) is 8.13. The van der Waals surface area contributed by atoms with E-state index in [0.717, 1.165) is 29.0 Å². The van der Waals surface area contributed by atoms with Crippen LogP contribution in [-0.2, 0) is 17.7 Å². The smallest absolute Gasteiger partial charge is 0.213 e. The average molecular weight is 473 g/mol. The number of nitrogens with one attached hydrogen (secondary N) is 1. The fraction of sp³-hybridized carbons (Fsp3) is 0.435. The lowest BCUT2D eigenvalue weighted by Crippen LogP contribution is -2.44. The summed E-state index contributed by atoms with van der Waals surface area (Å²) in [6.07, 6.45) is 3.31. The van der Waals surface area contributed by atoms with E-state index in [1.54, 1.807) is 30.1 Å². The molecule has 0 radical (unpaired) electrons. The van der Waals surface area contributed by atoms with Gasteiger partial charge in [-0.25, -0.2) is 9.37 Å². The summed E-state index contributed by atoms with van der Waals surface area (Å²) in [6, 6.07) is 5.62. The molecule has 33 heavy (non-hydrogen) atoms. The Kier molecular flexibility index (Phi) is 6.59. The normalized spacial score (nSPS) is 20.9. The minimum Gasteiger partial charge on any atom is -0.481 e. The van der Waals surface area contributed by atoms with Crippen molar-refractivity contribution in [1.29, 1.82) is 0 Å². The lowest BCUT2D eigenvalue weighted by Gasteiger charge is -2.32. The summed E-state index contributed by atoms with van der Waals surface area (Å²) in [5.41, 5.74) is 2.23. The van der Waals surface area contributed by atoms with Crippen LogP contribution in [0, 0.1) is 5.82 Å². The molecular formula is C23H25FN4O4S. The number of ether oxygens (including phenoxy) is 3. The zero-order valence-corrected chi connectivity index (χ0v) is 19.0. The summed E-state index contributed by atoms with van der Waals surface area (Å²) in [4.78, 5) is 14.0.